The molecular formula is C14H11N5O5. The number of aryl methyl sites for hydroxylation is 2. The Balaban J connectivity index is 1.45. The molecule has 24 heavy (non-hydrogen) atoms. The number of hydrogen-bond donors (Lipinski definition) is 0. The maximum Gasteiger partial charge on any atom is 0.389 e. The molecule has 4 rings (SSSR count). The Morgan fingerprint density at radius 2 is 2.08 bits per heavy atom. The summed E-state index contributed by atoms with van der Waals surface area (Å²) in [5.41, 5.74) is 0.729. The second-order valence-electron chi connectivity index (χ2n) is 5.01. The van der Waals surface area contributed by atoms with Gasteiger partial charge in [-0.3, -0.25) is 0 Å². The normalized spacial score (nSPS) is 12.5. The van der Waals surface area contributed by atoms with Crippen LogP contribution in [0.25, 0.3) is 11.5 Å². The van der Waals surface area contributed by atoms with Crippen LogP contribution >= 0.6 is 0 Å². The lowest BCUT2D eigenvalue weighted by molar-refractivity contribution is -0.389. The third-order valence-electron chi connectivity index (χ3n) is 3.45. The van der Waals surface area contributed by atoms with Gasteiger partial charge in [-0.25, -0.2) is 0 Å². The van der Waals surface area contributed by atoms with E-state index in [-0.39, 0.29) is 12.6 Å². The van der Waals surface area contributed by atoms with Crippen molar-refractivity contribution >= 4 is 5.82 Å². The molecule has 0 N–H and O–H groups in total. The zero-order chi connectivity index (χ0) is 16.5. The van der Waals surface area contributed by atoms with Crippen LogP contribution in [-0.4, -0.2) is 31.7 Å². The number of benzene rings is 1. The lowest BCUT2D eigenvalue weighted by Crippen LogP contribution is -2.03. The van der Waals surface area contributed by atoms with Crippen LogP contribution in [0, 0.1) is 10.1 Å². The number of fused-ring (bicyclic) bond motifs is 1. The summed E-state index contributed by atoms with van der Waals surface area (Å²) in [7, 11) is 0. The molecule has 3 heterocycles. The predicted molar refractivity (Wildman–Crippen MR) is 78.4 cm³/mol. The highest BCUT2D eigenvalue weighted by atomic mass is 16.7. The number of nitrogens with zero attached hydrogens (tertiary/aromatic N) is 5. The van der Waals surface area contributed by atoms with E-state index >= 15 is 0 Å². The van der Waals surface area contributed by atoms with Crippen molar-refractivity contribution in [3.05, 3.63) is 46.5 Å². The molecule has 0 saturated carbocycles. The van der Waals surface area contributed by atoms with Crippen molar-refractivity contribution in [2.45, 2.75) is 13.0 Å². The molecule has 1 aliphatic heterocycles. The van der Waals surface area contributed by atoms with E-state index in [1.807, 2.05) is 6.07 Å². The molecule has 0 saturated heterocycles. The van der Waals surface area contributed by atoms with Gasteiger partial charge in [0.2, 0.25) is 18.6 Å². The van der Waals surface area contributed by atoms with Gasteiger partial charge in [0.15, 0.2) is 11.5 Å². The number of nitro groups is 1. The summed E-state index contributed by atoms with van der Waals surface area (Å²) in [6.45, 7) is 0.598. The smallest absolute Gasteiger partial charge is 0.389 e. The molecule has 10 nitrogen and oxygen atoms in total. The zero-order valence-electron chi connectivity index (χ0n) is 12.3. The number of aromatic nitrogens is 4. The molecule has 0 spiro atoms. The standard InChI is InChI=1S/C14H11N5O5/c20-19(21)12-3-5-18(17-12)6-4-13-15-16-14(24-13)9-1-2-10-11(7-9)23-8-22-10/h1-3,5,7H,4,6,8H2. The van der Waals surface area contributed by atoms with E-state index in [2.05, 4.69) is 15.3 Å². The number of rotatable bonds is 5. The van der Waals surface area contributed by atoms with Crippen molar-refractivity contribution in [2.24, 2.45) is 0 Å². The van der Waals surface area contributed by atoms with Gasteiger partial charge in [-0.1, -0.05) is 0 Å². The molecule has 0 amide bonds. The minimum Gasteiger partial charge on any atom is -0.454 e. The Labute approximate surface area is 134 Å². The average molecular weight is 329 g/mol. The van der Waals surface area contributed by atoms with E-state index < -0.39 is 4.92 Å². The summed E-state index contributed by atoms with van der Waals surface area (Å²) in [4.78, 5) is 10.1. The SMILES string of the molecule is O=[N+]([O-])c1ccn(CCc2nnc(-c3ccc4c(c3)OCO4)o2)n1. The molecular weight excluding hydrogens is 318 g/mol. The maximum atomic E-state index is 10.6. The van der Waals surface area contributed by atoms with E-state index in [4.69, 9.17) is 13.9 Å². The van der Waals surface area contributed by atoms with Crippen LogP contribution in [-0.2, 0) is 13.0 Å². The molecule has 0 fully saturated rings. The van der Waals surface area contributed by atoms with Crippen molar-refractivity contribution in [3.8, 4) is 23.0 Å². The molecule has 0 unspecified atom stereocenters. The first kappa shape index (κ1) is 14.2. The third-order valence-corrected chi connectivity index (χ3v) is 3.45. The van der Waals surface area contributed by atoms with E-state index in [0.717, 1.165) is 5.56 Å². The highest BCUT2D eigenvalue weighted by Gasteiger charge is 2.17. The molecule has 10 heteroatoms. The molecule has 0 radical (unpaired) electrons. The number of ether oxygens (including phenoxy) is 2. The maximum absolute atomic E-state index is 10.6. The van der Waals surface area contributed by atoms with Crippen LogP contribution in [0.1, 0.15) is 5.89 Å². The monoisotopic (exact) mass is 329 g/mol. The van der Waals surface area contributed by atoms with Crippen LogP contribution in [0.15, 0.2) is 34.9 Å². The van der Waals surface area contributed by atoms with Crippen LogP contribution in [0.5, 0.6) is 11.5 Å². The molecule has 0 bridgehead atoms. The summed E-state index contributed by atoms with van der Waals surface area (Å²) in [5.74, 6) is 1.91. The van der Waals surface area contributed by atoms with Crippen molar-refractivity contribution in [3.63, 3.8) is 0 Å². The Morgan fingerprint density at radius 3 is 2.92 bits per heavy atom. The molecule has 3 aromatic rings. The molecule has 0 aliphatic carbocycles. The van der Waals surface area contributed by atoms with Crippen LogP contribution in [0.4, 0.5) is 5.82 Å². The second-order valence-corrected chi connectivity index (χ2v) is 5.01. The van der Waals surface area contributed by atoms with E-state index in [9.17, 15) is 10.1 Å². The van der Waals surface area contributed by atoms with Gasteiger partial charge in [-0.2, -0.15) is 4.68 Å². The lowest BCUT2D eigenvalue weighted by Gasteiger charge is -1.98. The minimum absolute atomic E-state index is 0.193. The van der Waals surface area contributed by atoms with Gasteiger partial charge < -0.3 is 24.0 Å². The summed E-state index contributed by atoms with van der Waals surface area (Å²) in [5, 5.41) is 22.4. The Bertz CT molecular complexity index is 903. The third kappa shape index (κ3) is 2.64. The van der Waals surface area contributed by atoms with Crippen LogP contribution < -0.4 is 9.47 Å². The quantitative estimate of drug-likeness (QED) is 0.513. The van der Waals surface area contributed by atoms with Gasteiger partial charge in [0.1, 0.15) is 0 Å². The van der Waals surface area contributed by atoms with Gasteiger partial charge in [0.05, 0.1) is 23.9 Å². The fourth-order valence-corrected chi connectivity index (χ4v) is 2.28. The van der Waals surface area contributed by atoms with Gasteiger partial charge in [0, 0.05) is 12.0 Å². The van der Waals surface area contributed by atoms with Gasteiger partial charge in [-0.05, 0) is 23.1 Å². The highest BCUT2D eigenvalue weighted by molar-refractivity contribution is 5.60. The van der Waals surface area contributed by atoms with Crippen LogP contribution in [0.2, 0.25) is 0 Å². The van der Waals surface area contributed by atoms with E-state index in [1.165, 1.54) is 16.9 Å². The van der Waals surface area contributed by atoms with Gasteiger partial charge in [-0.15, -0.1) is 10.2 Å². The summed E-state index contributed by atoms with van der Waals surface area (Å²) in [6.07, 6.45) is 1.95. The first-order valence-electron chi connectivity index (χ1n) is 7.09. The van der Waals surface area contributed by atoms with Crippen LogP contribution in [0.3, 0.4) is 0 Å². The van der Waals surface area contributed by atoms with E-state index in [1.54, 1.807) is 12.1 Å². The molecule has 1 aromatic carbocycles. The van der Waals surface area contributed by atoms with Gasteiger partial charge >= 0.3 is 5.82 Å². The first-order chi connectivity index (χ1) is 11.7. The lowest BCUT2D eigenvalue weighted by atomic mass is 10.2. The molecule has 1 aliphatic rings. The van der Waals surface area contributed by atoms with Gasteiger partial charge in [0.25, 0.3) is 0 Å². The topological polar surface area (TPSA) is 118 Å². The largest absolute Gasteiger partial charge is 0.454 e. The highest BCUT2D eigenvalue weighted by Crippen LogP contribution is 2.35. The Morgan fingerprint density at radius 1 is 1.21 bits per heavy atom. The average Bonchev–Trinajstić information content (AvgIpc) is 3.31. The Hall–Kier alpha value is -3.43. The minimum atomic E-state index is -0.541. The summed E-state index contributed by atoms with van der Waals surface area (Å²) in [6, 6.07) is 6.70. The zero-order valence-corrected chi connectivity index (χ0v) is 12.3. The predicted octanol–water partition coefficient (Wildman–Crippen LogP) is 1.81. The number of hydrogen-bond acceptors (Lipinski definition) is 8. The fourth-order valence-electron chi connectivity index (χ4n) is 2.28. The first-order valence-corrected chi connectivity index (χ1v) is 7.09. The second kappa shape index (κ2) is 5.65. The van der Waals surface area contributed by atoms with Crippen molar-refractivity contribution in [2.75, 3.05) is 6.79 Å². The van der Waals surface area contributed by atoms with Crippen molar-refractivity contribution < 1.29 is 18.8 Å². The Kier molecular flexibility index (Phi) is 3.34. The van der Waals surface area contributed by atoms with Crippen molar-refractivity contribution in [1.82, 2.24) is 20.0 Å². The fraction of sp³-hybridized carbons (Fsp3) is 0.214. The molecule has 2 aromatic heterocycles. The van der Waals surface area contributed by atoms with E-state index in [0.29, 0.717) is 36.2 Å². The van der Waals surface area contributed by atoms with Crippen molar-refractivity contribution in [1.29, 1.82) is 0 Å². The summed E-state index contributed by atoms with van der Waals surface area (Å²) >= 11 is 0. The summed E-state index contributed by atoms with van der Waals surface area (Å²) < 4.78 is 17.6. The molecule has 122 valence electrons. The molecule has 0 atom stereocenters.